The third-order valence-corrected chi connectivity index (χ3v) is 7.55. The van der Waals surface area contributed by atoms with Gasteiger partial charge < -0.3 is 5.11 Å². The quantitative estimate of drug-likeness (QED) is 0.804. The highest BCUT2D eigenvalue weighted by Gasteiger charge is 2.51. The molecule has 5 rings (SSSR count). The topological polar surface area (TPSA) is 20.2 Å². The standard InChI is InChI=1S/C17H23BrOS/c18-16-2-1-15(20-16)6-14(19)10-17-7-11-3-12(8-17)5-13(4-11)9-17/h1-2,11-14,19H,3-10H2. The maximum atomic E-state index is 10.6. The van der Waals surface area contributed by atoms with Gasteiger partial charge in [0, 0.05) is 11.3 Å². The van der Waals surface area contributed by atoms with Crippen LogP contribution in [-0.4, -0.2) is 11.2 Å². The van der Waals surface area contributed by atoms with E-state index in [2.05, 4.69) is 28.1 Å². The van der Waals surface area contributed by atoms with Gasteiger partial charge in [-0.1, -0.05) is 0 Å². The maximum Gasteiger partial charge on any atom is 0.0701 e. The fourth-order valence-electron chi connectivity index (χ4n) is 5.81. The lowest BCUT2D eigenvalue weighted by molar-refractivity contribution is -0.0755. The Morgan fingerprint density at radius 3 is 2.25 bits per heavy atom. The van der Waals surface area contributed by atoms with Crippen molar-refractivity contribution in [3.63, 3.8) is 0 Å². The summed E-state index contributed by atoms with van der Waals surface area (Å²) in [6.45, 7) is 0. The maximum absolute atomic E-state index is 10.6. The lowest BCUT2D eigenvalue weighted by Crippen LogP contribution is -2.47. The molecule has 3 heteroatoms. The Labute approximate surface area is 133 Å². The zero-order valence-electron chi connectivity index (χ0n) is 11.9. The van der Waals surface area contributed by atoms with E-state index in [1.54, 1.807) is 11.3 Å². The first-order chi connectivity index (χ1) is 9.60. The molecule has 4 aliphatic rings. The summed E-state index contributed by atoms with van der Waals surface area (Å²) in [6, 6.07) is 4.25. The number of hydrogen-bond acceptors (Lipinski definition) is 2. The van der Waals surface area contributed by atoms with Crippen LogP contribution in [0.5, 0.6) is 0 Å². The largest absolute Gasteiger partial charge is 0.393 e. The normalized spacial score (nSPS) is 40.2. The first-order valence-electron chi connectivity index (χ1n) is 8.02. The van der Waals surface area contributed by atoms with Crippen LogP contribution in [0.15, 0.2) is 15.9 Å². The van der Waals surface area contributed by atoms with Crippen molar-refractivity contribution in [2.75, 3.05) is 0 Å². The third kappa shape index (κ3) is 2.62. The highest BCUT2D eigenvalue weighted by molar-refractivity contribution is 9.11. The number of aliphatic hydroxyl groups excluding tert-OH is 1. The number of hydrogen-bond donors (Lipinski definition) is 1. The SMILES string of the molecule is OC(Cc1ccc(Br)s1)CC12CC3CC(CC(C3)C1)C2. The van der Waals surface area contributed by atoms with Crippen molar-refractivity contribution in [3.05, 3.63) is 20.8 Å². The van der Waals surface area contributed by atoms with Crippen molar-refractivity contribution < 1.29 is 5.11 Å². The second-order valence-corrected chi connectivity index (χ2v) is 10.2. The van der Waals surface area contributed by atoms with Gasteiger partial charge in [0.1, 0.15) is 0 Å². The molecule has 110 valence electrons. The Kier molecular flexibility index (Phi) is 3.51. The average Bonchev–Trinajstić information content (AvgIpc) is 2.71. The molecular formula is C17H23BrOS. The Morgan fingerprint density at radius 2 is 1.75 bits per heavy atom. The lowest BCUT2D eigenvalue weighted by Gasteiger charge is -2.57. The van der Waals surface area contributed by atoms with E-state index in [0.29, 0.717) is 5.41 Å². The van der Waals surface area contributed by atoms with E-state index >= 15 is 0 Å². The molecule has 4 aliphatic carbocycles. The molecule has 4 saturated carbocycles. The summed E-state index contributed by atoms with van der Waals surface area (Å²) in [7, 11) is 0. The minimum absolute atomic E-state index is 0.142. The number of aliphatic hydroxyl groups is 1. The second kappa shape index (κ2) is 5.10. The molecule has 1 aromatic rings. The molecule has 0 amide bonds. The fraction of sp³-hybridized carbons (Fsp3) is 0.765. The van der Waals surface area contributed by atoms with E-state index in [1.807, 2.05) is 0 Å². The fourth-order valence-corrected chi connectivity index (χ4v) is 7.36. The van der Waals surface area contributed by atoms with Gasteiger partial charge in [0.25, 0.3) is 0 Å². The zero-order chi connectivity index (χ0) is 13.7. The zero-order valence-corrected chi connectivity index (χ0v) is 14.3. The van der Waals surface area contributed by atoms with Gasteiger partial charge in [0.15, 0.2) is 0 Å². The molecule has 0 radical (unpaired) electrons. The van der Waals surface area contributed by atoms with Gasteiger partial charge in [-0.3, -0.25) is 0 Å². The predicted octanol–water partition coefficient (Wildman–Crippen LogP) is 5.02. The minimum Gasteiger partial charge on any atom is -0.393 e. The van der Waals surface area contributed by atoms with Crippen LogP contribution >= 0.6 is 27.3 Å². The summed E-state index contributed by atoms with van der Waals surface area (Å²) < 4.78 is 1.18. The van der Waals surface area contributed by atoms with E-state index in [0.717, 1.165) is 30.6 Å². The second-order valence-electron chi connectivity index (χ2n) is 7.69. The first-order valence-corrected chi connectivity index (χ1v) is 9.63. The van der Waals surface area contributed by atoms with Crippen LogP contribution in [0.4, 0.5) is 0 Å². The molecule has 1 atom stereocenters. The number of rotatable bonds is 4. The summed E-state index contributed by atoms with van der Waals surface area (Å²) in [6.07, 6.45) is 10.5. The molecule has 4 fully saturated rings. The molecule has 0 saturated heterocycles. The molecule has 1 aromatic heterocycles. The molecular weight excluding hydrogens is 332 g/mol. The molecule has 0 aliphatic heterocycles. The van der Waals surface area contributed by atoms with Gasteiger partial charge in [-0.05, 0) is 96.2 Å². The van der Waals surface area contributed by atoms with Crippen molar-refractivity contribution in [1.82, 2.24) is 0 Å². The molecule has 0 aromatic carbocycles. The van der Waals surface area contributed by atoms with Gasteiger partial charge in [-0.15, -0.1) is 11.3 Å². The minimum atomic E-state index is -0.142. The summed E-state index contributed by atoms with van der Waals surface area (Å²) in [5, 5.41) is 10.6. The van der Waals surface area contributed by atoms with Crippen LogP contribution in [0.3, 0.4) is 0 Å². The number of halogens is 1. The van der Waals surface area contributed by atoms with E-state index in [-0.39, 0.29) is 6.10 Å². The van der Waals surface area contributed by atoms with E-state index in [9.17, 15) is 5.11 Å². The smallest absolute Gasteiger partial charge is 0.0701 e. The molecule has 1 nitrogen and oxygen atoms in total. The van der Waals surface area contributed by atoms with Gasteiger partial charge in [0.05, 0.1) is 9.89 Å². The third-order valence-electron chi connectivity index (χ3n) is 5.90. The summed E-state index contributed by atoms with van der Waals surface area (Å²) in [5.74, 6) is 2.97. The molecule has 1 heterocycles. The van der Waals surface area contributed by atoms with Gasteiger partial charge in [-0.25, -0.2) is 0 Å². The molecule has 1 unspecified atom stereocenters. The average molecular weight is 355 g/mol. The van der Waals surface area contributed by atoms with Crippen molar-refractivity contribution in [3.8, 4) is 0 Å². The van der Waals surface area contributed by atoms with Crippen molar-refractivity contribution >= 4 is 27.3 Å². The summed E-state index contributed by atoms with van der Waals surface area (Å²) in [5.41, 5.74) is 0.503. The van der Waals surface area contributed by atoms with Crippen LogP contribution in [0.2, 0.25) is 0 Å². The van der Waals surface area contributed by atoms with Crippen molar-refractivity contribution in [2.24, 2.45) is 23.2 Å². The summed E-state index contributed by atoms with van der Waals surface area (Å²) in [4.78, 5) is 1.31. The molecule has 4 bridgehead atoms. The molecule has 1 N–H and O–H groups in total. The van der Waals surface area contributed by atoms with Crippen molar-refractivity contribution in [1.29, 1.82) is 0 Å². The Hall–Kier alpha value is 0.140. The van der Waals surface area contributed by atoms with E-state index in [4.69, 9.17) is 0 Å². The summed E-state index contributed by atoms with van der Waals surface area (Å²) >= 11 is 5.28. The van der Waals surface area contributed by atoms with Crippen LogP contribution in [0, 0.1) is 23.2 Å². The highest BCUT2D eigenvalue weighted by Crippen LogP contribution is 2.61. The number of thiophene rings is 1. The van der Waals surface area contributed by atoms with Gasteiger partial charge in [-0.2, -0.15) is 0 Å². The highest BCUT2D eigenvalue weighted by atomic mass is 79.9. The first kappa shape index (κ1) is 13.8. The van der Waals surface area contributed by atoms with E-state index < -0.39 is 0 Å². The monoisotopic (exact) mass is 354 g/mol. The Morgan fingerprint density at radius 1 is 1.15 bits per heavy atom. The van der Waals surface area contributed by atoms with Crippen LogP contribution in [0.25, 0.3) is 0 Å². The van der Waals surface area contributed by atoms with E-state index in [1.165, 1.54) is 47.2 Å². The predicted molar refractivity (Wildman–Crippen MR) is 87.0 cm³/mol. The Bertz CT molecular complexity index is 460. The molecule has 0 spiro atoms. The van der Waals surface area contributed by atoms with Gasteiger partial charge in [0.2, 0.25) is 0 Å². The molecule has 20 heavy (non-hydrogen) atoms. The van der Waals surface area contributed by atoms with Crippen molar-refractivity contribution in [2.45, 2.75) is 57.5 Å². The van der Waals surface area contributed by atoms with Gasteiger partial charge >= 0.3 is 0 Å². The van der Waals surface area contributed by atoms with Crippen LogP contribution < -0.4 is 0 Å². The van der Waals surface area contributed by atoms with Crippen LogP contribution in [-0.2, 0) is 6.42 Å². The van der Waals surface area contributed by atoms with Crippen LogP contribution in [0.1, 0.15) is 49.8 Å². The Balaban J connectivity index is 1.43. The lowest BCUT2D eigenvalue weighted by atomic mass is 9.48.